The van der Waals surface area contributed by atoms with Gasteiger partial charge in [0.2, 0.25) is 11.8 Å². The predicted octanol–water partition coefficient (Wildman–Crippen LogP) is 2.22. The molecule has 0 radical (unpaired) electrons. The van der Waals surface area contributed by atoms with Gasteiger partial charge >= 0.3 is 0 Å². The van der Waals surface area contributed by atoms with E-state index < -0.39 is 6.10 Å². The lowest BCUT2D eigenvalue weighted by Crippen LogP contribution is -2.40. The maximum atomic E-state index is 12.4. The van der Waals surface area contributed by atoms with Gasteiger partial charge in [0.1, 0.15) is 18.5 Å². The molecule has 1 saturated heterocycles. The molecule has 3 atom stereocenters. The summed E-state index contributed by atoms with van der Waals surface area (Å²) in [6.07, 6.45) is 2.72. The summed E-state index contributed by atoms with van der Waals surface area (Å²) in [6.45, 7) is 4.06. The summed E-state index contributed by atoms with van der Waals surface area (Å²) in [5, 5.41) is 10.2. The number of carbonyl (C=O) groups excluding carboxylic acids is 2. The smallest absolute Gasteiger partial charge is 0.233 e. The van der Waals surface area contributed by atoms with Crippen molar-refractivity contribution in [3.63, 3.8) is 0 Å². The second kappa shape index (κ2) is 6.93. The third-order valence-electron chi connectivity index (χ3n) is 4.96. The predicted molar refractivity (Wildman–Crippen MR) is 89.6 cm³/mol. The molecule has 130 valence electrons. The highest BCUT2D eigenvalue weighted by Gasteiger charge is 2.48. The van der Waals surface area contributed by atoms with E-state index in [9.17, 15) is 14.7 Å². The van der Waals surface area contributed by atoms with Crippen molar-refractivity contribution in [1.82, 2.24) is 4.90 Å². The van der Waals surface area contributed by atoms with Crippen LogP contribution >= 0.6 is 0 Å². The fourth-order valence-electron chi connectivity index (χ4n) is 3.88. The number of amides is 2. The van der Waals surface area contributed by atoms with E-state index >= 15 is 0 Å². The van der Waals surface area contributed by atoms with Crippen LogP contribution in [-0.4, -0.2) is 41.1 Å². The van der Waals surface area contributed by atoms with Gasteiger partial charge in [-0.1, -0.05) is 18.9 Å². The lowest BCUT2D eigenvalue weighted by atomic mass is 9.81. The summed E-state index contributed by atoms with van der Waals surface area (Å²) in [5.74, 6) is 0.127. The number of carbonyl (C=O) groups is 2. The molecule has 1 N–H and O–H groups in total. The van der Waals surface area contributed by atoms with Crippen LogP contribution in [0, 0.1) is 25.7 Å². The van der Waals surface area contributed by atoms with Crippen LogP contribution in [-0.2, 0) is 9.59 Å². The molecule has 1 saturated carbocycles. The molecule has 0 bridgehead atoms. The molecule has 2 aliphatic rings. The van der Waals surface area contributed by atoms with E-state index in [1.165, 1.54) is 4.90 Å². The van der Waals surface area contributed by atoms with Crippen molar-refractivity contribution in [2.75, 3.05) is 13.2 Å². The molecule has 1 aromatic rings. The number of benzene rings is 1. The number of aryl methyl sites for hydroxylation is 2. The Kier molecular flexibility index (Phi) is 4.90. The van der Waals surface area contributed by atoms with Gasteiger partial charge in [-0.3, -0.25) is 14.5 Å². The Balaban J connectivity index is 1.57. The van der Waals surface area contributed by atoms with Crippen molar-refractivity contribution in [3.8, 4) is 5.75 Å². The average molecular weight is 331 g/mol. The first-order valence-corrected chi connectivity index (χ1v) is 8.70. The van der Waals surface area contributed by atoms with Gasteiger partial charge in [-0.15, -0.1) is 0 Å². The number of nitrogens with zero attached hydrogens (tertiary/aromatic N) is 1. The lowest BCUT2D eigenvalue weighted by Gasteiger charge is -2.19. The van der Waals surface area contributed by atoms with Gasteiger partial charge in [0.25, 0.3) is 0 Å². The molecule has 5 nitrogen and oxygen atoms in total. The summed E-state index contributed by atoms with van der Waals surface area (Å²) in [7, 11) is 0. The van der Waals surface area contributed by atoms with Crippen molar-refractivity contribution in [2.24, 2.45) is 11.8 Å². The first kappa shape index (κ1) is 17.0. The highest BCUT2D eigenvalue weighted by Crippen LogP contribution is 2.38. The molecule has 1 aliphatic carbocycles. The monoisotopic (exact) mass is 331 g/mol. The highest BCUT2D eigenvalue weighted by molar-refractivity contribution is 6.05. The van der Waals surface area contributed by atoms with Gasteiger partial charge in [-0.2, -0.15) is 0 Å². The van der Waals surface area contributed by atoms with Crippen LogP contribution in [0.5, 0.6) is 5.75 Å². The lowest BCUT2D eigenvalue weighted by molar-refractivity contribution is -0.141. The number of β-amino-alcohol motifs (C(OH)–C–C–N with tert-alkyl or cyclic N) is 1. The van der Waals surface area contributed by atoms with E-state index in [2.05, 4.69) is 0 Å². The maximum absolute atomic E-state index is 12.4. The summed E-state index contributed by atoms with van der Waals surface area (Å²) in [4.78, 5) is 26.1. The van der Waals surface area contributed by atoms with Gasteiger partial charge in [0.05, 0.1) is 18.4 Å². The zero-order chi connectivity index (χ0) is 17.3. The molecule has 1 heterocycles. The Labute approximate surface area is 142 Å². The topological polar surface area (TPSA) is 66.8 Å². The first-order chi connectivity index (χ1) is 11.5. The second-order valence-corrected chi connectivity index (χ2v) is 7.07. The van der Waals surface area contributed by atoms with Crippen LogP contribution in [0.2, 0.25) is 0 Å². The van der Waals surface area contributed by atoms with E-state index in [0.717, 1.165) is 36.8 Å². The first-order valence-electron chi connectivity index (χ1n) is 8.70. The van der Waals surface area contributed by atoms with E-state index in [-0.39, 0.29) is 36.8 Å². The van der Waals surface area contributed by atoms with E-state index in [0.29, 0.717) is 5.75 Å². The van der Waals surface area contributed by atoms with Crippen LogP contribution in [0.25, 0.3) is 0 Å². The fraction of sp³-hybridized carbons (Fsp3) is 0.579. The minimum atomic E-state index is -0.876. The van der Waals surface area contributed by atoms with Gasteiger partial charge in [-0.25, -0.2) is 0 Å². The average Bonchev–Trinajstić information content (AvgIpc) is 2.78. The van der Waals surface area contributed by atoms with Gasteiger partial charge < -0.3 is 9.84 Å². The Bertz CT molecular complexity index is 598. The van der Waals surface area contributed by atoms with Crippen LogP contribution in [0.15, 0.2) is 18.2 Å². The zero-order valence-electron chi connectivity index (χ0n) is 14.3. The normalized spacial score (nSPS) is 24.9. The molecule has 0 aromatic heterocycles. The molecule has 0 unspecified atom stereocenters. The van der Waals surface area contributed by atoms with Crippen molar-refractivity contribution < 1.29 is 19.4 Å². The highest BCUT2D eigenvalue weighted by atomic mass is 16.5. The van der Waals surface area contributed by atoms with E-state index in [1.54, 1.807) is 0 Å². The van der Waals surface area contributed by atoms with Crippen molar-refractivity contribution in [2.45, 2.75) is 45.6 Å². The maximum Gasteiger partial charge on any atom is 0.233 e. The van der Waals surface area contributed by atoms with Crippen LogP contribution in [0.1, 0.15) is 36.8 Å². The molecule has 2 fully saturated rings. The molecule has 24 heavy (non-hydrogen) atoms. The zero-order valence-corrected chi connectivity index (χ0v) is 14.3. The molecule has 3 rings (SSSR count). The quantitative estimate of drug-likeness (QED) is 0.840. The summed E-state index contributed by atoms with van der Waals surface area (Å²) < 4.78 is 5.63. The van der Waals surface area contributed by atoms with Crippen LogP contribution in [0.4, 0.5) is 0 Å². The minimum Gasteiger partial charge on any atom is -0.491 e. The third kappa shape index (κ3) is 3.46. The summed E-state index contributed by atoms with van der Waals surface area (Å²) in [5.41, 5.74) is 2.18. The van der Waals surface area contributed by atoms with E-state index in [4.69, 9.17) is 4.74 Å². The van der Waals surface area contributed by atoms with Crippen molar-refractivity contribution in [1.29, 1.82) is 0 Å². The fourth-order valence-corrected chi connectivity index (χ4v) is 3.88. The largest absolute Gasteiger partial charge is 0.491 e. The molecule has 5 heteroatoms. The number of hydrogen-bond donors (Lipinski definition) is 1. The number of aliphatic hydroxyl groups is 1. The molecule has 1 aromatic carbocycles. The van der Waals surface area contributed by atoms with Crippen molar-refractivity contribution >= 4 is 11.8 Å². The summed E-state index contributed by atoms with van der Waals surface area (Å²) >= 11 is 0. The number of imide groups is 1. The molecular formula is C19H25NO4. The van der Waals surface area contributed by atoms with Gasteiger partial charge in [-0.05, 0) is 49.9 Å². The van der Waals surface area contributed by atoms with Crippen molar-refractivity contribution in [3.05, 3.63) is 29.3 Å². The number of ether oxygens (including phenoxy) is 1. The number of rotatable bonds is 5. The number of likely N-dealkylation sites (tertiary alicyclic amines) is 1. The SMILES string of the molecule is Cc1cc(C)cc(OC[C@H](O)CN2C(=O)[C@H]3CCCC[C@H]3C2=O)c1. The number of aliphatic hydroxyl groups excluding tert-OH is 1. The summed E-state index contributed by atoms with van der Waals surface area (Å²) in [6, 6.07) is 5.85. The molecule has 0 spiro atoms. The standard InChI is InChI=1S/C19H25NO4/c1-12-7-13(2)9-15(8-12)24-11-14(21)10-20-18(22)16-5-3-4-6-17(16)19(20)23/h7-9,14,16-17,21H,3-6,10-11H2,1-2H3/t14-,16-,17+/m1/s1. The Hall–Kier alpha value is -1.88. The van der Waals surface area contributed by atoms with E-state index in [1.807, 2.05) is 32.0 Å². The van der Waals surface area contributed by atoms with Crippen LogP contribution in [0.3, 0.4) is 0 Å². The van der Waals surface area contributed by atoms with Gasteiger partial charge in [0, 0.05) is 0 Å². The minimum absolute atomic E-state index is 0.0233. The Morgan fingerprint density at radius 3 is 2.17 bits per heavy atom. The Morgan fingerprint density at radius 2 is 1.62 bits per heavy atom. The molecule has 1 aliphatic heterocycles. The van der Waals surface area contributed by atoms with Gasteiger partial charge in [0.15, 0.2) is 0 Å². The molecule has 2 amide bonds. The number of fused-ring (bicyclic) bond motifs is 1. The van der Waals surface area contributed by atoms with Crippen LogP contribution < -0.4 is 4.74 Å². The second-order valence-electron chi connectivity index (χ2n) is 7.07. The Morgan fingerprint density at radius 1 is 1.08 bits per heavy atom. The number of hydrogen-bond acceptors (Lipinski definition) is 4. The third-order valence-corrected chi connectivity index (χ3v) is 4.96. The molecular weight excluding hydrogens is 306 g/mol.